The third-order valence-electron chi connectivity index (χ3n) is 16.0. The van der Waals surface area contributed by atoms with Gasteiger partial charge in [-0.3, -0.25) is 14.4 Å². The molecule has 0 aliphatic rings. The molecule has 6 nitrogen and oxygen atoms in total. The summed E-state index contributed by atoms with van der Waals surface area (Å²) in [4.78, 5) is 38.3. The summed E-state index contributed by atoms with van der Waals surface area (Å²) in [5.74, 6) is -0.856. The lowest BCUT2D eigenvalue weighted by Crippen LogP contribution is -2.30. The molecular weight excluding hydrogens is 949 g/mol. The molecule has 1 atom stereocenters. The fourth-order valence-corrected chi connectivity index (χ4v) is 10.7. The van der Waals surface area contributed by atoms with Gasteiger partial charge in [-0.1, -0.05) is 347 Å². The molecule has 0 saturated carbocycles. The van der Waals surface area contributed by atoms with E-state index in [2.05, 4.69) is 45.1 Å². The van der Waals surface area contributed by atoms with Crippen molar-refractivity contribution in [2.75, 3.05) is 13.2 Å². The van der Waals surface area contributed by atoms with Gasteiger partial charge >= 0.3 is 17.9 Å². The average Bonchev–Trinajstić information content (AvgIpc) is 3.43. The fourth-order valence-electron chi connectivity index (χ4n) is 10.7. The first-order chi connectivity index (χ1) is 38.0. The molecule has 6 heteroatoms. The van der Waals surface area contributed by atoms with Crippen LogP contribution in [0, 0.1) is 0 Å². The van der Waals surface area contributed by atoms with Crippen molar-refractivity contribution in [2.45, 2.75) is 399 Å². The summed E-state index contributed by atoms with van der Waals surface area (Å²) in [5, 5.41) is 0. The van der Waals surface area contributed by atoms with E-state index in [4.69, 9.17) is 14.2 Å². The monoisotopic (exact) mass is 1080 g/mol. The predicted octanol–water partition coefficient (Wildman–Crippen LogP) is 23.8. The maximum absolute atomic E-state index is 12.9. The van der Waals surface area contributed by atoms with Crippen molar-refractivity contribution in [3.63, 3.8) is 0 Å². The summed E-state index contributed by atoms with van der Waals surface area (Å²) >= 11 is 0. The second-order valence-electron chi connectivity index (χ2n) is 23.8. The normalized spacial score (nSPS) is 12.1. The van der Waals surface area contributed by atoms with Crippen LogP contribution in [0.2, 0.25) is 0 Å². The number of esters is 3. The van der Waals surface area contributed by atoms with Crippen LogP contribution >= 0.6 is 0 Å². The van der Waals surface area contributed by atoms with Gasteiger partial charge in [0.25, 0.3) is 0 Å². The van der Waals surface area contributed by atoms with E-state index in [0.717, 1.165) is 77.0 Å². The lowest BCUT2D eigenvalue weighted by molar-refractivity contribution is -0.167. The molecule has 0 saturated heterocycles. The van der Waals surface area contributed by atoms with Crippen LogP contribution in [-0.4, -0.2) is 37.2 Å². The van der Waals surface area contributed by atoms with Crippen LogP contribution in [0.25, 0.3) is 0 Å². The Bertz CT molecular complexity index is 1240. The first-order valence-corrected chi connectivity index (χ1v) is 34.8. The Hall–Kier alpha value is -2.11. The molecule has 0 radical (unpaired) electrons. The van der Waals surface area contributed by atoms with Crippen LogP contribution in [0.3, 0.4) is 0 Å². The molecule has 0 aromatic heterocycles. The summed E-state index contributed by atoms with van der Waals surface area (Å²) in [6.45, 7) is 6.68. The highest BCUT2D eigenvalue weighted by Crippen LogP contribution is 2.19. The molecule has 0 aromatic rings. The van der Waals surface area contributed by atoms with Crippen LogP contribution in [0.4, 0.5) is 0 Å². The van der Waals surface area contributed by atoms with Crippen molar-refractivity contribution in [3.05, 3.63) is 24.3 Å². The summed E-state index contributed by atoms with van der Waals surface area (Å²) < 4.78 is 16.9. The van der Waals surface area contributed by atoms with Gasteiger partial charge in [-0.05, 0) is 51.4 Å². The highest BCUT2D eigenvalue weighted by Gasteiger charge is 2.19. The number of hydrogen-bond donors (Lipinski definition) is 0. The second kappa shape index (κ2) is 66.4. The number of carbonyl (C=O) groups excluding carboxylic acids is 3. The van der Waals surface area contributed by atoms with Gasteiger partial charge in [-0.2, -0.15) is 0 Å². The predicted molar refractivity (Wildman–Crippen MR) is 335 cm³/mol. The summed E-state index contributed by atoms with van der Waals surface area (Å²) in [6, 6.07) is 0. The van der Waals surface area contributed by atoms with Crippen molar-refractivity contribution in [3.8, 4) is 0 Å². The number of hydrogen-bond acceptors (Lipinski definition) is 6. The minimum absolute atomic E-state index is 0.0710. The zero-order chi connectivity index (χ0) is 55.7. The third-order valence-corrected chi connectivity index (χ3v) is 16.0. The molecule has 0 bridgehead atoms. The highest BCUT2D eigenvalue weighted by atomic mass is 16.6. The van der Waals surface area contributed by atoms with Crippen LogP contribution in [-0.2, 0) is 28.6 Å². The number of carbonyl (C=O) groups is 3. The van der Waals surface area contributed by atoms with Crippen LogP contribution < -0.4 is 0 Å². The van der Waals surface area contributed by atoms with Gasteiger partial charge in [0, 0.05) is 19.3 Å². The van der Waals surface area contributed by atoms with Crippen molar-refractivity contribution in [2.24, 2.45) is 0 Å². The van der Waals surface area contributed by atoms with Crippen LogP contribution in [0.15, 0.2) is 24.3 Å². The molecule has 454 valence electrons. The van der Waals surface area contributed by atoms with Gasteiger partial charge in [0.2, 0.25) is 0 Å². The summed E-state index contributed by atoms with van der Waals surface area (Å²) in [7, 11) is 0. The van der Waals surface area contributed by atoms with E-state index < -0.39 is 6.10 Å². The zero-order valence-electron chi connectivity index (χ0n) is 52.3. The maximum atomic E-state index is 12.9. The molecule has 0 rings (SSSR count). The Balaban J connectivity index is 4.13. The number of rotatable bonds is 65. The van der Waals surface area contributed by atoms with Crippen LogP contribution in [0.1, 0.15) is 393 Å². The molecule has 0 heterocycles. The highest BCUT2D eigenvalue weighted by molar-refractivity contribution is 5.71. The zero-order valence-corrected chi connectivity index (χ0v) is 52.3. The molecule has 0 fully saturated rings. The molecule has 77 heavy (non-hydrogen) atoms. The molecule has 0 aromatic carbocycles. The van der Waals surface area contributed by atoms with Gasteiger partial charge in [0.05, 0.1) is 0 Å². The van der Waals surface area contributed by atoms with Crippen LogP contribution in [0.5, 0.6) is 0 Å². The summed E-state index contributed by atoms with van der Waals surface area (Å²) in [6.07, 6.45) is 80.7. The molecule has 0 spiro atoms. The molecular formula is C71H134O6. The molecule has 0 amide bonds. The topological polar surface area (TPSA) is 78.9 Å². The number of allylic oxidation sites excluding steroid dienone is 4. The fraction of sp³-hybridized carbons (Fsp3) is 0.901. The van der Waals surface area contributed by atoms with E-state index in [1.165, 1.54) is 276 Å². The standard InChI is InChI=1S/C71H134O6/c1-4-7-10-13-16-19-22-25-28-29-30-31-32-33-34-35-36-37-38-39-40-41-42-44-46-49-52-55-58-61-64-70(73)76-67-68(66-75-69(72)63-60-57-54-51-48-45-27-24-21-18-15-12-9-6-3)77-71(74)65-62-59-56-53-50-47-43-26-23-20-17-14-11-8-5-2/h17,20,26,43,68H,4-16,18-19,21-25,27-42,44-67H2,1-3H3/b20-17-,43-26-. The first kappa shape index (κ1) is 74.9. The van der Waals surface area contributed by atoms with E-state index in [1.54, 1.807) is 0 Å². The van der Waals surface area contributed by atoms with E-state index in [9.17, 15) is 14.4 Å². The minimum Gasteiger partial charge on any atom is -0.462 e. The molecule has 1 unspecified atom stereocenters. The summed E-state index contributed by atoms with van der Waals surface area (Å²) in [5.41, 5.74) is 0. The molecule has 0 aliphatic heterocycles. The third kappa shape index (κ3) is 64.6. The number of ether oxygens (including phenoxy) is 3. The Morgan fingerprint density at radius 3 is 0.740 bits per heavy atom. The Morgan fingerprint density at radius 2 is 0.468 bits per heavy atom. The van der Waals surface area contributed by atoms with Gasteiger partial charge in [0.15, 0.2) is 6.10 Å². The Labute approximate surface area is 481 Å². The van der Waals surface area contributed by atoms with Crippen molar-refractivity contribution in [1.29, 1.82) is 0 Å². The first-order valence-electron chi connectivity index (χ1n) is 34.8. The van der Waals surface area contributed by atoms with E-state index in [1.807, 2.05) is 0 Å². The Kier molecular flexibility index (Phi) is 64.6. The SMILES string of the molecule is CCCCC/C=C\C/C=C\CCCCCCCC(=O)OC(COC(=O)CCCCCCCCCCCCCCCC)COC(=O)CCCCCCCCCCCCCCCCCCCCCCCCCCCCCCCC. The smallest absolute Gasteiger partial charge is 0.306 e. The van der Waals surface area contributed by atoms with Gasteiger partial charge < -0.3 is 14.2 Å². The lowest BCUT2D eigenvalue weighted by atomic mass is 10.0. The molecule has 0 aliphatic carbocycles. The second-order valence-corrected chi connectivity index (χ2v) is 23.8. The van der Waals surface area contributed by atoms with E-state index in [-0.39, 0.29) is 31.1 Å². The van der Waals surface area contributed by atoms with Gasteiger partial charge in [-0.15, -0.1) is 0 Å². The van der Waals surface area contributed by atoms with Crippen molar-refractivity contribution >= 4 is 17.9 Å². The maximum Gasteiger partial charge on any atom is 0.306 e. The lowest BCUT2D eigenvalue weighted by Gasteiger charge is -2.18. The van der Waals surface area contributed by atoms with Crippen molar-refractivity contribution < 1.29 is 28.6 Å². The van der Waals surface area contributed by atoms with Crippen molar-refractivity contribution in [1.82, 2.24) is 0 Å². The van der Waals surface area contributed by atoms with E-state index >= 15 is 0 Å². The number of unbranched alkanes of at least 4 members (excludes halogenated alkanes) is 50. The largest absolute Gasteiger partial charge is 0.462 e. The van der Waals surface area contributed by atoms with Gasteiger partial charge in [-0.25, -0.2) is 0 Å². The minimum atomic E-state index is -0.775. The quantitative estimate of drug-likeness (QED) is 0.0261. The average molecular weight is 1080 g/mol. The van der Waals surface area contributed by atoms with Gasteiger partial charge in [0.1, 0.15) is 13.2 Å². The Morgan fingerprint density at radius 1 is 0.260 bits per heavy atom. The molecule has 0 N–H and O–H groups in total. The van der Waals surface area contributed by atoms with E-state index in [0.29, 0.717) is 19.3 Å².